The molecule has 1 saturated heterocycles. The third-order valence-electron chi connectivity index (χ3n) is 3.22. The van der Waals surface area contributed by atoms with Gasteiger partial charge in [-0.15, -0.1) is 12.4 Å². The van der Waals surface area contributed by atoms with E-state index in [-0.39, 0.29) is 24.3 Å². The van der Waals surface area contributed by atoms with Crippen molar-refractivity contribution in [1.82, 2.24) is 10.2 Å². The van der Waals surface area contributed by atoms with E-state index in [1.165, 1.54) is 20.0 Å². The highest BCUT2D eigenvalue weighted by Gasteiger charge is 2.19. The number of hydrogen-bond donors (Lipinski definition) is 1. The first kappa shape index (κ1) is 16.7. The number of rotatable bonds is 5. The fourth-order valence-corrected chi connectivity index (χ4v) is 2.32. The number of carbonyl (C=O) groups excluding carboxylic acids is 1. The van der Waals surface area contributed by atoms with Crippen LogP contribution in [0.25, 0.3) is 0 Å². The van der Waals surface area contributed by atoms with Crippen LogP contribution in [0.1, 0.15) is 19.8 Å². The van der Waals surface area contributed by atoms with E-state index < -0.39 is 0 Å². The Morgan fingerprint density at radius 1 is 1.47 bits per heavy atom. The molecule has 102 valence electrons. The second-order valence-corrected chi connectivity index (χ2v) is 4.84. The molecule has 0 spiro atoms. The van der Waals surface area contributed by atoms with Gasteiger partial charge in [0.15, 0.2) is 0 Å². The molecule has 0 aromatic heterocycles. The van der Waals surface area contributed by atoms with E-state index in [1.807, 2.05) is 6.92 Å². The number of piperidine rings is 1. The minimum atomic E-state index is -0.114. The summed E-state index contributed by atoms with van der Waals surface area (Å²) >= 11 is 0. The molecule has 1 aliphatic rings. The fourth-order valence-electron chi connectivity index (χ4n) is 2.32. The van der Waals surface area contributed by atoms with E-state index in [9.17, 15) is 4.79 Å². The minimum absolute atomic E-state index is 0. The summed E-state index contributed by atoms with van der Waals surface area (Å²) < 4.78 is 4.73. The maximum Gasteiger partial charge on any atom is 0.309 e. The molecule has 0 aliphatic carbocycles. The first-order valence-electron chi connectivity index (χ1n) is 6.10. The Labute approximate surface area is 110 Å². The molecular weight excluding hydrogens is 240 g/mol. The van der Waals surface area contributed by atoms with Crippen LogP contribution in [-0.2, 0) is 9.53 Å². The molecule has 1 rings (SSSR count). The summed E-state index contributed by atoms with van der Waals surface area (Å²) in [4.78, 5) is 13.5. The smallest absolute Gasteiger partial charge is 0.309 e. The molecule has 1 N–H and O–H groups in total. The molecule has 0 radical (unpaired) electrons. The van der Waals surface area contributed by atoms with Crippen LogP contribution in [0.3, 0.4) is 0 Å². The Bertz CT molecular complexity index is 221. The van der Waals surface area contributed by atoms with Crippen molar-refractivity contribution in [2.45, 2.75) is 19.8 Å². The van der Waals surface area contributed by atoms with Crippen LogP contribution in [-0.4, -0.2) is 51.2 Å². The van der Waals surface area contributed by atoms with Crippen molar-refractivity contribution in [2.75, 3.05) is 40.3 Å². The molecule has 1 unspecified atom stereocenters. The van der Waals surface area contributed by atoms with Gasteiger partial charge in [-0.05, 0) is 38.9 Å². The molecule has 1 aliphatic heterocycles. The van der Waals surface area contributed by atoms with E-state index >= 15 is 0 Å². The number of halogens is 1. The van der Waals surface area contributed by atoms with Crippen LogP contribution in [0.5, 0.6) is 0 Å². The summed E-state index contributed by atoms with van der Waals surface area (Å²) in [6.07, 6.45) is 2.49. The lowest BCUT2D eigenvalue weighted by Crippen LogP contribution is -2.37. The van der Waals surface area contributed by atoms with E-state index in [4.69, 9.17) is 4.74 Å². The summed E-state index contributed by atoms with van der Waals surface area (Å²) in [5.41, 5.74) is 0. The van der Waals surface area contributed by atoms with Gasteiger partial charge in [-0.25, -0.2) is 0 Å². The molecule has 0 saturated carbocycles. The normalized spacial score (nSPS) is 18.6. The second kappa shape index (κ2) is 8.72. The van der Waals surface area contributed by atoms with Crippen LogP contribution >= 0.6 is 12.4 Å². The maximum absolute atomic E-state index is 11.3. The minimum Gasteiger partial charge on any atom is -0.469 e. The van der Waals surface area contributed by atoms with Crippen molar-refractivity contribution in [1.29, 1.82) is 0 Å². The highest BCUT2D eigenvalue weighted by Crippen LogP contribution is 2.13. The number of carbonyl (C=O) groups is 1. The largest absolute Gasteiger partial charge is 0.469 e. The number of nitrogens with one attached hydrogen (secondary N) is 1. The van der Waals surface area contributed by atoms with Crippen molar-refractivity contribution < 1.29 is 9.53 Å². The average molecular weight is 265 g/mol. The quantitative estimate of drug-likeness (QED) is 0.757. The highest BCUT2D eigenvalue weighted by atomic mass is 35.5. The Morgan fingerprint density at radius 3 is 2.59 bits per heavy atom. The third-order valence-corrected chi connectivity index (χ3v) is 3.22. The van der Waals surface area contributed by atoms with Gasteiger partial charge in [0, 0.05) is 13.1 Å². The summed E-state index contributed by atoms with van der Waals surface area (Å²) in [6, 6.07) is 0. The number of nitrogens with zero attached hydrogens (tertiary/aromatic N) is 1. The predicted molar refractivity (Wildman–Crippen MR) is 71.5 cm³/mol. The van der Waals surface area contributed by atoms with Crippen molar-refractivity contribution in [3.05, 3.63) is 0 Å². The summed E-state index contributed by atoms with van der Waals surface area (Å²) in [7, 11) is 3.53. The monoisotopic (exact) mass is 264 g/mol. The van der Waals surface area contributed by atoms with Gasteiger partial charge in [-0.1, -0.05) is 6.92 Å². The summed E-state index contributed by atoms with van der Waals surface area (Å²) in [5.74, 6) is 0.630. The highest BCUT2D eigenvalue weighted by molar-refractivity contribution is 5.85. The molecule has 5 heteroatoms. The van der Waals surface area contributed by atoms with Gasteiger partial charge in [-0.2, -0.15) is 0 Å². The molecule has 17 heavy (non-hydrogen) atoms. The Balaban J connectivity index is 0.00000256. The van der Waals surface area contributed by atoms with Gasteiger partial charge in [0.25, 0.3) is 0 Å². The van der Waals surface area contributed by atoms with Crippen LogP contribution in [0, 0.1) is 11.8 Å². The van der Waals surface area contributed by atoms with E-state index in [1.54, 1.807) is 0 Å². The number of ether oxygens (including phenoxy) is 1. The lowest BCUT2D eigenvalue weighted by atomic mass is 9.97. The van der Waals surface area contributed by atoms with Gasteiger partial charge < -0.3 is 15.0 Å². The standard InChI is InChI=1S/C12H24N2O2.ClH/c1-10(12(15)16-3)8-14(2)9-11-4-6-13-7-5-11;/h10-11,13H,4-9H2,1-3H3;1H. The molecular formula is C12H25ClN2O2. The van der Waals surface area contributed by atoms with Gasteiger partial charge in [0.2, 0.25) is 0 Å². The van der Waals surface area contributed by atoms with Crippen molar-refractivity contribution >= 4 is 18.4 Å². The van der Waals surface area contributed by atoms with Crippen molar-refractivity contribution in [3.8, 4) is 0 Å². The van der Waals surface area contributed by atoms with Crippen LogP contribution in [0.4, 0.5) is 0 Å². The average Bonchev–Trinajstić information content (AvgIpc) is 2.29. The van der Waals surface area contributed by atoms with Crippen LogP contribution in [0.15, 0.2) is 0 Å². The first-order chi connectivity index (χ1) is 7.63. The zero-order chi connectivity index (χ0) is 12.0. The van der Waals surface area contributed by atoms with Crippen LogP contribution in [0.2, 0.25) is 0 Å². The Morgan fingerprint density at radius 2 is 2.06 bits per heavy atom. The lowest BCUT2D eigenvalue weighted by molar-refractivity contribution is -0.145. The maximum atomic E-state index is 11.3. The fraction of sp³-hybridized carbons (Fsp3) is 0.917. The molecule has 1 heterocycles. The zero-order valence-electron chi connectivity index (χ0n) is 11.1. The first-order valence-corrected chi connectivity index (χ1v) is 6.10. The molecule has 0 amide bonds. The van der Waals surface area contributed by atoms with Gasteiger partial charge in [-0.3, -0.25) is 4.79 Å². The molecule has 1 atom stereocenters. The summed E-state index contributed by atoms with van der Waals surface area (Å²) in [6.45, 7) is 6.06. The lowest BCUT2D eigenvalue weighted by Gasteiger charge is -2.28. The van der Waals surface area contributed by atoms with Gasteiger partial charge in [0.05, 0.1) is 13.0 Å². The summed E-state index contributed by atoms with van der Waals surface area (Å²) in [5, 5.41) is 3.36. The van der Waals surface area contributed by atoms with E-state index in [0.717, 1.165) is 32.1 Å². The van der Waals surface area contributed by atoms with Crippen molar-refractivity contribution in [2.24, 2.45) is 11.8 Å². The van der Waals surface area contributed by atoms with Gasteiger partial charge in [0.1, 0.15) is 0 Å². The van der Waals surface area contributed by atoms with Gasteiger partial charge >= 0.3 is 5.97 Å². The second-order valence-electron chi connectivity index (χ2n) is 4.84. The number of esters is 1. The molecule has 0 bridgehead atoms. The SMILES string of the molecule is COC(=O)C(C)CN(C)CC1CCNCC1.Cl. The number of methoxy groups -OCH3 is 1. The van der Waals surface area contributed by atoms with E-state index in [0.29, 0.717) is 0 Å². The molecule has 1 fully saturated rings. The van der Waals surface area contributed by atoms with Crippen molar-refractivity contribution in [3.63, 3.8) is 0 Å². The van der Waals surface area contributed by atoms with Crippen LogP contribution < -0.4 is 5.32 Å². The van der Waals surface area contributed by atoms with E-state index in [2.05, 4.69) is 17.3 Å². The Kier molecular flexibility index (Phi) is 8.56. The number of hydrogen-bond acceptors (Lipinski definition) is 4. The molecule has 0 aromatic rings. The topological polar surface area (TPSA) is 41.6 Å². The molecule has 4 nitrogen and oxygen atoms in total. The predicted octanol–water partition coefficient (Wildman–Crippen LogP) is 1.15. The third kappa shape index (κ3) is 6.24. The Hall–Kier alpha value is -0.320. The molecule has 0 aromatic carbocycles. The zero-order valence-corrected chi connectivity index (χ0v) is 11.9.